The zero-order valence-corrected chi connectivity index (χ0v) is 6.95. The molecule has 0 radical (unpaired) electrons. The Morgan fingerprint density at radius 2 is 2.09 bits per heavy atom. The summed E-state index contributed by atoms with van der Waals surface area (Å²) in [5.74, 6) is 0.393. The minimum atomic E-state index is -0.138. The van der Waals surface area contributed by atoms with Crippen LogP contribution in [0.15, 0.2) is 0 Å². The summed E-state index contributed by atoms with van der Waals surface area (Å²) in [5, 5.41) is 19.2. The highest BCUT2D eigenvalue weighted by molar-refractivity contribution is 5.04. The van der Waals surface area contributed by atoms with Crippen molar-refractivity contribution in [1.82, 2.24) is 0 Å². The molecule has 2 heteroatoms. The monoisotopic (exact) mass is 156 g/mol. The average molecular weight is 156 g/mol. The van der Waals surface area contributed by atoms with E-state index in [1.165, 1.54) is 0 Å². The summed E-state index contributed by atoms with van der Waals surface area (Å²) in [6.07, 6.45) is 3.46. The van der Waals surface area contributed by atoms with Crippen molar-refractivity contribution in [1.29, 1.82) is 0 Å². The van der Waals surface area contributed by atoms with E-state index in [1.54, 1.807) is 0 Å². The first-order chi connectivity index (χ1) is 5.18. The lowest BCUT2D eigenvalue weighted by atomic mass is 9.79. The van der Waals surface area contributed by atoms with Crippen LogP contribution in [0.4, 0.5) is 0 Å². The molecule has 0 saturated heterocycles. The van der Waals surface area contributed by atoms with Gasteiger partial charge in [0.25, 0.3) is 0 Å². The van der Waals surface area contributed by atoms with E-state index in [0.29, 0.717) is 5.92 Å². The zero-order valence-electron chi connectivity index (χ0n) is 6.95. The van der Waals surface area contributed by atoms with E-state index in [2.05, 4.69) is 6.92 Å². The average Bonchev–Trinajstić information content (AvgIpc) is 2.43. The maximum absolute atomic E-state index is 9.68. The molecular weight excluding hydrogens is 140 g/mol. The van der Waals surface area contributed by atoms with Crippen LogP contribution in [0.1, 0.15) is 32.6 Å². The lowest BCUT2D eigenvalue weighted by Crippen LogP contribution is -2.33. The third-order valence-electron chi connectivity index (χ3n) is 3.77. The van der Waals surface area contributed by atoms with Gasteiger partial charge in [-0.2, -0.15) is 0 Å². The van der Waals surface area contributed by atoms with Crippen LogP contribution in [0.2, 0.25) is 0 Å². The van der Waals surface area contributed by atoms with Crippen LogP contribution in [-0.2, 0) is 0 Å². The normalized spacial score (nSPS) is 55.4. The van der Waals surface area contributed by atoms with Crippen LogP contribution < -0.4 is 0 Å². The number of hydrogen-bond donors (Lipinski definition) is 2. The van der Waals surface area contributed by atoms with Gasteiger partial charge in [0, 0.05) is 0 Å². The fourth-order valence-electron chi connectivity index (χ4n) is 2.90. The Hall–Kier alpha value is -0.0800. The molecule has 0 aromatic heterocycles. The molecule has 2 N–H and O–H groups in total. The van der Waals surface area contributed by atoms with Gasteiger partial charge in [0.1, 0.15) is 0 Å². The van der Waals surface area contributed by atoms with Gasteiger partial charge in [-0.25, -0.2) is 0 Å². The summed E-state index contributed by atoms with van der Waals surface area (Å²) in [6.45, 7) is 2.11. The quantitative estimate of drug-likeness (QED) is 0.592. The highest BCUT2D eigenvalue weighted by Gasteiger charge is 2.54. The van der Waals surface area contributed by atoms with Gasteiger partial charge in [0.15, 0.2) is 0 Å². The van der Waals surface area contributed by atoms with Crippen LogP contribution in [0.5, 0.6) is 0 Å². The minimum absolute atomic E-state index is 0.0874. The Balaban J connectivity index is 2.20. The van der Waals surface area contributed by atoms with Gasteiger partial charge in [0.2, 0.25) is 0 Å². The summed E-state index contributed by atoms with van der Waals surface area (Å²) >= 11 is 0. The molecule has 64 valence electrons. The van der Waals surface area contributed by atoms with Gasteiger partial charge in [-0.3, -0.25) is 0 Å². The van der Waals surface area contributed by atoms with Crippen LogP contribution in [0.3, 0.4) is 0 Å². The summed E-state index contributed by atoms with van der Waals surface area (Å²) in [5.41, 5.74) is 0.0874. The molecule has 0 amide bonds. The first-order valence-corrected chi connectivity index (χ1v) is 4.54. The standard InChI is InChI=1S/C9H16O2/c1-2-9-4-6(3-8(9)11)7(10)5-9/h6-8,10-11H,2-5H2,1H3. The second-order valence-electron chi connectivity index (χ2n) is 4.20. The lowest BCUT2D eigenvalue weighted by Gasteiger charge is -2.31. The molecule has 0 heterocycles. The molecule has 0 aliphatic heterocycles. The van der Waals surface area contributed by atoms with Gasteiger partial charge < -0.3 is 10.2 Å². The Labute approximate surface area is 67.2 Å². The predicted octanol–water partition coefficient (Wildman–Crippen LogP) is 0.918. The summed E-state index contributed by atoms with van der Waals surface area (Å²) < 4.78 is 0. The van der Waals surface area contributed by atoms with Gasteiger partial charge in [-0.15, -0.1) is 0 Å². The van der Waals surface area contributed by atoms with E-state index in [9.17, 15) is 10.2 Å². The molecule has 2 aliphatic carbocycles. The topological polar surface area (TPSA) is 40.5 Å². The smallest absolute Gasteiger partial charge is 0.0601 e. The van der Waals surface area contributed by atoms with Gasteiger partial charge in [0.05, 0.1) is 12.2 Å². The van der Waals surface area contributed by atoms with Crippen molar-refractivity contribution in [2.24, 2.45) is 11.3 Å². The van der Waals surface area contributed by atoms with Crippen molar-refractivity contribution in [3.8, 4) is 0 Å². The number of aliphatic hydroxyl groups excluding tert-OH is 2. The zero-order chi connectivity index (χ0) is 8.06. The highest BCUT2D eigenvalue weighted by Crippen LogP contribution is 2.55. The van der Waals surface area contributed by atoms with Crippen molar-refractivity contribution in [2.45, 2.75) is 44.8 Å². The molecule has 4 atom stereocenters. The first kappa shape index (κ1) is 7.56. The van der Waals surface area contributed by atoms with E-state index in [0.717, 1.165) is 25.7 Å². The Bertz CT molecular complexity index is 165. The van der Waals surface area contributed by atoms with E-state index >= 15 is 0 Å². The Morgan fingerprint density at radius 1 is 1.36 bits per heavy atom. The van der Waals surface area contributed by atoms with Crippen molar-refractivity contribution in [2.75, 3.05) is 0 Å². The fraction of sp³-hybridized carbons (Fsp3) is 1.00. The largest absolute Gasteiger partial charge is 0.393 e. The van der Waals surface area contributed by atoms with Crippen LogP contribution in [-0.4, -0.2) is 22.4 Å². The molecule has 2 rings (SSSR count). The molecule has 2 aliphatic rings. The van der Waals surface area contributed by atoms with E-state index in [1.807, 2.05) is 0 Å². The molecule has 2 bridgehead atoms. The Morgan fingerprint density at radius 3 is 2.45 bits per heavy atom. The molecule has 0 aromatic rings. The number of aliphatic hydroxyl groups is 2. The molecule has 2 fully saturated rings. The summed E-state index contributed by atoms with van der Waals surface area (Å²) in [4.78, 5) is 0. The van der Waals surface area contributed by atoms with Crippen molar-refractivity contribution in [3.05, 3.63) is 0 Å². The SMILES string of the molecule is CCC12CC(O)C(CC1O)C2. The van der Waals surface area contributed by atoms with E-state index < -0.39 is 0 Å². The number of rotatable bonds is 1. The minimum Gasteiger partial charge on any atom is -0.393 e. The lowest BCUT2D eigenvalue weighted by molar-refractivity contribution is -0.00575. The number of hydrogen-bond acceptors (Lipinski definition) is 2. The molecule has 0 spiro atoms. The van der Waals surface area contributed by atoms with Crippen molar-refractivity contribution in [3.63, 3.8) is 0 Å². The second kappa shape index (κ2) is 2.20. The molecular formula is C9H16O2. The van der Waals surface area contributed by atoms with Crippen LogP contribution in [0, 0.1) is 11.3 Å². The predicted molar refractivity (Wildman–Crippen MR) is 42.1 cm³/mol. The van der Waals surface area contributed by atoms with Crippen molar-refractivity contribution < 1.29 is 10.2 Å². The summed E-state index contributed by atoms with van der Waals surface area (Å²) in [7, 11) is 0. The van der Waals surface area contributed by atoms with Crippen LogP contribution >= 0.6 is 0 Å². The molecule has 2 saturated carbocycles. The van der Waals surface area contributed by atoms with Crippen molar-refractivity contribution >= 4 is 0 Å². The van der Waals surface area contributed by atoms with E-state index in [-0.39, 0.29) is 17.6 Å². The maximum atomic E-state index is 9.68. The van der Waals surface area contributed by atoms with Gasteiger partial charge in [-0.1, -0.05) is 6.92 Å². The Kier molecular flexibility index (Phi) is 1.52. The molecule has 4 unspecified atom stereocenters. The fourth-order valence-corrected chi connectivity index (χ4v) is 2.90. The molecule has 2 nitrogen and oxygen atoms in total. The number of fused-ring (bicyclic) bond motifs is 2. The van der Waals surface area contributed by atoms with Crippen LogP contribution in [0.25, 0.3) is 0 Å². The van der Waals surface area contributed by atoms with Gasteiger partial charge in [-0.05, 0) is 37.0 Å². The van der Waals surface area contributed by atoms with Gasteiger partial charge >= 0.3 is 0 Å². The maximum Gasteiger partial charge on any atom is 0.0601 e. The van der Waals surface area contributed by atoms with E-state index in [4.69, 9.17) is 0 Å². The summed E-state index contributed by atoms with van der Waals surface area (Å²) in [6, 6.07) is 0. The second-order valence-corrected chi connectivity index (χ2v) is 4.20. The first-order valence-electron chi connectivity index (χ1n) is 4.54. The highest BCUT2D eigenvalue weighted by atomic mass is 16.3. The molecule has 0 aromatic carbocycles. The third-order valence-corrected chi connectivity index (χ3v) is 3.77. The third kappa shape index (κ3) is 0.859. The molecule has 11 heavy (non-hydrogen) atoms.